The Morgan fingerprint density at radius 3 is 2.56 bits per heavy atom. The Bertz CT molecular complexity index is 432. The van der Waals surface area contributed by atoms with Crippen molar-refractivity contribution in [1.29, 1.82) is 0 Å². The van der Waals surface area contributed by atoms with Crippen LogP contribution in [0.15, 0.2) is 24.3 Å². The third kappa shape index (κ3) is 4.55. The SMILES string of the molecule is CCc1ccccc1NC(=O)CN(C)CC(=O)O. The number of hydrogen-bond acceptors (Lipinski definition) is 3. The predicted molar refractivity (Wildman–Crippen MR) is 69.6 cm³/mol. The molecule has 0 saturated carbocycles. The maximum absolute atomic E-state index is 11.7. The lowest BCUT2D eigenvalue weighted by Crippen LogP contribution is -2.34. The molecule has 0 heterocycles. The molecular formula is C13H18N2O3. The molecule has 5 nitrogen and oxygen atoms in total. The van der Waals surface area contributed by atoms with Gasteiger partial charge in [0, 0.05) is 5.69 Å². The molecule has 5 heteroatoms. The summed E-state index contributed by atoms with van der Waals surface area (Å²) in [5.41, 5.74) is 1.85. The van der Waals surface area contributed by atoms with E-state index >= 15 is 0 Å². The van der Waals surface area contributed by atoms with Crippen LogP contribution >= 0.6 is 0 Å². The van der Waals surface area contributed by atoms with Crippen molar-refractivity contribution >= 4 is 17.6 Å². The van der Waals surface area contributed by atoms with Gasteiger partial charge in [-0.3, -0.25) is 14.5 Å². The van der Waals surface area contributed by atoms with Crippen LogP contribution in [-0.2, 0) is 16.0 Å². The van der Waals surface area contributed by atoms with Crippen molar-refractivity contribution in [3.63, 3.8) is 0 Å². The molecule has 0 spiro atoms. The molecule has 0 saturated heterocycles. The molecule has 98 valence electrons. The summed E-state index contributed by atoms with van der Waals surface area (Å²) in [4.78, 5) is 23.7. The van der Waals surface area contributed by atoms with Crippen LogP contribution in [0.5, 0.6) is 0 Å². The van der Waals surface area contributed by atoms with Crippen molar-refractivity contribution in [3.8, 4) is 0 Å². The molecule has 0 aliphatic rings. The molecule has 0 aliphatic carbocycles. The Labute approximate surface area is 106 Å². The second-order valence-corrected chi connectivity index (χ2v) is 4.12. The number of carbonyl (C=O) groups excluding carboxylic acids is 1. The van der Waals surface area contributed by atoms with Crippen molar-refractivity contribution in [2.75, 3.05) is 25.5 Å². The minimum Gasteiger partial charge on any atom is -0.480 e. The maximum atomic E-state index is 11.7. The topological polar surface area (TPSA) is 69.6 Å². The van der Waals surface area contributed by atoms with Gasteiger partial charge in [-0.05, 0) is 25.1 Å². The van der Waals surface area contributed by atoms with Crippen LogP contribution in [0, 0.1) is 0 Å². The van der Waals surface area contributed by atoms with E-state index < -0.39 is 5.97 Å². The number of carbonyl (C=O) groups is 2. The lowest BCUT2D eigenvalue weighted by atomic mass is 10.1. The van der Waals surface area contributed by atoms with Crippen LogP contribution in [0.1, 0.15) is 12.5 Å². The van der Waals surface area contributed by atoms with E-state index in [4.69, 9.17) is 5.11 Å². The molecule has 0 bridgehead atoms. The first-order valence-corrected chi connectivity index (χ1v) is 5.81. The standard InChI is InChI=1S/C13H18N2O3/c1-3-10-6-4-5-7-11(10)14-12(16)8-15(2)9-13(17)18/h4-7H,3,8-9H2,1-2H3,(H,14,16)(H,17,18). The number of benzene rings is 1. The molecule has 2 N–H and O–H groups in total. The molecule has 0 atom stereocenters. The number of rotatable bonds is 6. The summed E-state index contributed by atoms with van der Waals surface area (Å²) in [6, 6.07) is 7.57. The Balaban J connectivity index is 2.56. The zero-order valence-electron chi connectivity index (χ0n) is 10.6. The first-order valence-electron chi connectivity index (χ1n) is 5.81. The number of nitrogens with one attached hydrogen (secondary N) is 1. The van der Waals surface area contributed by atoms with Gasteiger partial charge in [-0.15, -0.1) is 0 Å². The average molecular weight is 250 g/mol. The summed E-state index contributed by atoms with van der Waals surface area (Å²) in [6.07, 6.45) is 0.835. The van der Waals surface area contributed by atoms with Gasteiger partial charge >= 0.3 is 5.97 Å². The molecule has 1 rings (SSSR count). The molecule has 0 radical (unpaired) electrons. The van der Waals surface area contributed by atoms with Crippen molar-refractivity contribution in [2.45, 2.75) is 13.3 Å². The Morgan fingerprint density at radius 2 is 1.94 bits per heavy atom. The molecule has 0 aliphatic heterocycles. The summed E-state index contributed by atoms with van der Waals surface area (Å²) in [7, 11) is 1.60. The van der Waals surface area contributed by atoms with Crippen LogP contribution < -0.4 is 5.32 Å². The van der Waals surface area contributed by atoms with Crippen LogP contribution in [-0.4, -0.2) is 42.0 Å². The van der Waals surface area contributed by atoms with Gasteiger partial charge in [0.1, 0.15) is 0 Å². The van der Waals surface area contributed by atoms with Gasteiger partial charge in [0.05, 0.1) is 13.1 Å². The summed E-state index contributed by atoms with van der Waals surface area (Å²) in [6.45, 7) is 1.93. The zero-order chi connectivity index (χ0) is 13.5. The van der Waals surface area contributed by atoms with Crippen molar-refractivity contribution in [1.82, 2.24) is 4.90 Å². The Hall–Kier alpha value is -1.88. The monoisotopic (exact) mass is 250 g/mol. The number of nitrogens with zero attached hydrogens (tertiary/aromatic N) is 1. The second kappa shape index (κ2) is 6.76. The van der Waals surface area contributed by atoms with E-state index in [1.807, 2.05) is 31.2 Å². The van der Waals surface area contributed by atoms with Crippen LogP contribution in [0.3, 0.4) is 0 Å². The highest BCUT2D eigenvalue weighted by Crippen LogP contribution is 2.15. The summed E-state index contributed by atoms with van der Waals surface area (Å²) >= 11 is 0. The Morgan fingerprint density at radius 1 is 1.28 bits per heavy atom. The smallest absolute Gasteiger partial charge is 0.317 e. The molecule has 18 heavy (non-hydrogen) atoms. The number of likely N-dealkylation sites (N-methyl/N-ethyl adjacent to an activating group) is 1. The lowest BCUT2D eigenvalue weighted by molar-refractivity contribution is -0.138. The van der Waals surface area contributed by atoms with Crippen molar-refractivity contribution in [2.24, 2.45) is 0 Å². The normalized spacial score (nSPS) is 10.4. The van der Waals surface area contributed by atoms with Crippen LogP contribution in [0.2, 0.25) is 0 Å². The van der Waals surface area contributed by atoms with E-state index in [1.54, 1.807) is 7.05 Å². The van der Waals surface area contributed by atoms with E-state index in [9.17, 15) is 9.59 Å². The fourth-order valence-corrected chi connectivity index (χ4v) is 1.67. The summed E-state index contributed by atoms with van der Waals surface area (Å²) < 4.78 is 0. The van der Waals surface area contributed by atoms with E-state index in [0.717, 1.165) is 17.7 Å². The predicted octanol–water partition coefficient (Wildman–Crippen LogP) is 1.20. The summed E-state index contributed by atoms with van der Waals surface area (Å²) in [5, 5.41) is 11.4. The second-order valence-electron chi connectivity index (χ2n) is 4.12. The third-order valence-corrected chi connectivity index (χ3v) is 2.49. The van der Waals surface area contributed by atoms with Gasteiger partial charge in [0.2, 0.25) is 5.91 Å². The average Bonchev–Trinajstić information content (AvgIpc) is 2.28. The van der Waals surface area contributed by atoms with Gasteiger partial charge < -0.3 is 10.4 Å². The number of amides is 1. The number of anilines is 1. The molecule has 1 amide bonds. The highest BCUT2D eigenvalue weighted by molar-refractivity contribution is 5.93. The van der Waals surface area contributed by atoms with E-state index in [0.29, 0.717) is 0 Å². The molecular weight excluding hydrogens is 232 g/mol. The molecule has 0 unspecified atom stereocenters. The Kier molecular flexibility index (Phi) is 5.32. The number of carboxylic acids is 1. The van der Waals surface area contributed by atoms with E-state index in [-0.39, 0.29) is 19.0 Å². The molecule has 0 aromatic heterocycles. The number of aryl methyl sites for hydroxylation is 1. The quantitative estimate of drug-likeness (QED) is 0.796. The number of aliphatic carboxylic acids is 1. The highest BCUT2D eigenvalue weighted by atomic mass is 16.4. The number of carboxylic acid groups (broad SMARTS) is 1. The first kappa shape index (κ1) is 14.2. The molecule has 1 aromatic rings. The van der Waals surface area contributed by atoms with Gasteiger partial charge in [0.15, 0.2) is 0 Å². The van der Waals surface area contributed by atoms with Gasteiger partial charge in [-0.2, -0.15) is 0 Å². The van der Waals surface area contributed by atoms with Gasteiger partial charge in [-0.1, -0.05) is 25.1 Å². The van der Waals surface area contributed by atoms with E-state index in [1.165, 1.54) is 4.90 Å². The van der Waals surface area contributed by atoms with Crippen molar-refractivity contribution < 1.29 is 14.7 Å². The van der Waals surface area contributed by atoms with Crippen molar-refractivity contribution in [3.05, 3.63) is 29.8 Å². The fourth-order valence-electron chi connectivity index (χ4n) is 1.67. The molecule has 1 aromatic carbocycles. The van der Waals surface area contributed by atoms with Crippen LogP contribution in [0.4, 0.5) is 5.69 Å². The highest BCUT2D eigenvalue weighted by Gasteiger charge is 2.10. The van der Waals surface area contributed by atoms with Gasteiger partial charge in [-0.25, -0.2) is 0 Å². The largest absolute Gasteiger partial charge is 0.480 e. The first-order chi connectivity index (χ1) is 8.52. The van der Waals surface area contributed by atoms with Crippen LogP contribution in [0.25, 0.3) is 0 Å². The molecule has 0 fully saturated rings. The minimum atomic E-state index is -0.945. The number of hydrogen-bond donors (Lipinski definition) is 2. The van der Waals surface area contributed by atoms with Gasteiger partial charge in [0.25, 0.3) is 0 Å². The third-order valence-electron chi connectivity index (χ3n) is 2.49. The summed E-state index contributed by atoms with van der Waals surface area (Å²) in [5.74, 6) is -1.15. The minimum absolute atomic E-state index is 0.0599. The maximum Gasteiger partial charge on any atom is 0.317 e. The lowest BCUT2D eigenvalue weighted by Gasteiger charge is -2.15. The van der Waals surface area contributed by atoms with E-state index in [2.05, 4.69) is 5.32 Å². The zero-order valence-corrected chi connectivity index (χ0v) is 10.6. The fraction of sp³-hybridized carbons (Fsp3) is 0.385. The number of para-hydroxylation sites is 1.